The summed E-state index contributed by atoms with van der Waals surface area (Å²) in [5, 5.41) is 3.40. The minimum Gasteiger partial charge on any atom is -0.358 e. The van der Waals surface area contributed by atoms with E-state index >= 15 is 0 Å². The van der Waals surface area contributed by atoms with Gasteiger partial charge in [0.1, 0.15) is 6.04 Å². The molecule has 7 nitrogen and oxygen atoms in total. The number of carbonyl (C=O) groups is 1. The number of urea groups is 1. The number of anilines is 2. The van der Waals surface area contributed by atoms with Crippen LogP contribution >= 0.6 is 11.6 Å². The van der Waals surface area contributed by atoms with Gasteiger partial charge in [0.2, 0.25) is 0 Å². The van der Waals surface area contributed by atoms with Crippen molar-refractivity contribution in [2.45, 2.75) is 23.5 Å². The van der Waals surface area contributed by atoms with Gasteiger partial charge in [-0.25, -0.2) is 13.2 Å². The van der Waals surface area contributed by atoms with Crippen molar-refractivity contribution >= 4 is 49.9 Å². The largest absolute Gasteiger partial charge is 0.408 e. The fourth-order valence-corrected chi connectivity index (χ4v) is 4.65. The number of likely N-dealkylation sites (tertiary alicyclic amines) is 1. The van der Waals surface area contributed by atoms with Gasteiger partial charge >= 0.3 is 12.2 Å². The van der Waals surface area contributed by atoms with E-state index in [-0.39, 0.29) is 29.2 Å². The Kier molecular flexibility index (Phi) is 5.26. The van der Waals surface area contributed by atoms with Crippen LogP contribution in [-0.4, -0.2) is 43.1 Å². The van der Waals surface area contributed by atoms with E-state index in [9.17, 15) is 26.4 Å². The Morgan fingerprint density at radius 2 is 1.94 bits per heavy atom. The van der Waals surface area contributed by atoms with E-state index in [0.29, 0.717) is 20.8 Å². The van der Waals surface area contributed by atoms with Crippen LogP contribution in [0, 0.1) is 0 Å². The first-order valence-corrected chi connectivity index (χ1v) is 11.0. The monoisotopic (exact) mass is 472 g/mol. The van der Waals surface area contributed by atoms with Gasteiger partial charge in [0.25, 0.3) is 10.0 Å². The Bertz CT molecular complexity index is 1260. The molecule has 2 aromatic carbocycles. The molecule has 1 aliphatic heterocycles. The van der Waals surface area contributed by atoms with E-state index in [0.717, 1.165) is 0 Å². The highest BCUT2D eigenvalue weighted by molar-refractivity contribution is 7.92. The van der Waals surface area contributed by atoms with Crippen LogP contribution in [0.4, 0.5) is 29.3 Å². The highest BCUT2D eigenvalue weighted by Crippen LogP contribution is 2.34. The lowest BCUT2D eigenvalue weighted by atomic mass is 10.0. The Balaban J connectivity index is 1.54. The molecule has 1 atom stereocenters. The molecule has 1 aromatic heterocycles. The molecule has 0 radical (unpaired) electrons. The van der Waals surface area contributed by atoms with Gasteiger partial charge in [-0.15, -0.1) is 0 Å². The Morgan fingerprint density at radius 3 is 2.61 bits per heavy atom. The number of halogens is 4. The van der Waals surface area contributed by atoms with Gasteiger partial charge in [-0.3, -0.25) is 4.72 Å². The van der Waals surface area contributed by atoms with E-state index in [1.54, 1.807) is 18.2 Å². The number of aromatic nitrogens is 1. The Labute approximate surface area is 180 Å². The zero-order valence-corrected chi connectivity index (χ0v) is 17.3. The second-order valence-corrected chi connectivity index (χ2v) is 9.06. The number of hydrogen-bond donors (Lipinski definition) is 3. The number of carbonyl (C=O) groups excluding carboxylic acids is 1. The average Bonchev–Trinajstić information content (AvgIpc) is 3.01. The van der Waals surface area contributed by atoms with Crippen LogP contribution in [-0.2, 0) is 10.0 Å². The van der Waals surface area contributed by atoms with Crippen molar-refractivity contribution < 1.29 is 26.4 Å². The predicted molar refractivity (Wildman–Crippen MR) is 111 cm³/mol. The van der Waals surface area contributed by atoms with Gasteiger partial charge in [-0.1, -0.05) is 29.8 Å². The number of nitrogens with zero attached hydrogens (tertiary/aromatic N) is 1. The molecule has 1 unspecified atom stereocenters. The highest BCUT2D eigenvalue weighted by Gasteiger charge is 2.50. The number of sulfonamides is 1. The standard InChI is InChI=1S/C19H16ClF3N4O3S/c20-14-10-24-17-13(14)5-2-6-15(17)26-31(29,30)12-4-1-3-11(9-12)25-18(28)27-8-7-16(27)19(21,22)23/h1-6,9-10,16,24,26H,7-8H2,(H,25,28). The molecule has 2 heterocycles. The molecule has 3 N–H and O–H groups in total. The van der Waals surface area contributed by atoms with Crippen molar-refractivity contribution in [3.05, 3.63) is 53.7 Å². The summed E-state index contributed by atoms with van der Waals surface area (Å²) in [6.45, 7) is -0.0295. The number of hydrogen-bond acceptors (Lipinski definition) is 3. The number of para-hydroxylation sites is 1. The zero-order valence-electron chi connectivity index (χ0n) is 15.7. The van der Waals surface area contributed by atoms with Crippen molar-refractivity contribution in [2.75, 3.05) is 16.6 Å². The van der Waals surface area contributed by atoms with Crippen LogP contribution in [0.3, 0.4) is 0 Å². The van der Waals surface area contributed by atoms with Crippen molar-refractivity contribution in [3.8, 4) is 0 Å². The zero-order chi connectivity index (χ0) is 22.4. The lowest BCUT2D eigenvalue weighted by Crippen LogP contribution is -2.59. The number of alkyl halides is 3. The smallest absolute Gasteiger partial charge is 0.358 e. The molecule has 1 saturated heterocycles. The van der Waals surface area contributed by atoms with Gasteiger partial charge in [0.15, 0.2) is 0 Å². The minimum absolute atomic E-state index is 0.0295. The summed E-state index contributed by atoms with van der Waals surface area (Å²) in [7, 11) is -4.06. The van der Waals surface area contributed by atoms with E-state index in [2.05, 4.69) is 15.0 Å². The first kappa shape index (κ1) is 21.3. The van der Waals surface area contributed by atoms with Crippen LogP contribution in [0.15, 0.2) is 53.6 Å². The molecule has 4 rings (SSSR count). The van der Waals surface area contributed by atoms with Crippen molar-refractivity contribution in [2.24, 2.45) is 0 Å². The maximum absolute atomic E-state index is 12.9. The van der Waals surface area contributed by atoms with E-state index in [4.69, 9.17) is 11.6 Å². The molecule has 0 bridgehead atoms. The maximum Gasteiger partial charge on any atom is 0.408 e. The molecule has 164 valence electrons. The number of benzene rings is 2. The van der Waals surface area contributed by atoms with Crippen LogP contribution in [0.2, 0.25) is 5.02 Å². The number of amides is 2. The topological polar surface area (TPSA) is 94.3 Å². The second kappa shape index (κ2) is 7.65. The van der Waals surface area contributed by atoms with Gasteiger partial charge < -0.3 is 15.2 Å². The fraction of sp³-hybridized carbons (Fsp3) is 0.211. The molecule has 0 spiro atoms. The molecule has 0 aliphatic carbocycles. The van der Waals surface area contributed by atoms with Crippen LogP contribution in [0.25, 0.3) is 10.9 Å². The molecule has 31 heavy (non-hydrogen) atoms. The van der Waals surface area contributed by atoms with Gasteiger partial charge in [-0.05, 0) is 30.7 Å². The van der Waals surface area contributed by atoms with Gasteiger partial charge in [0, 0.05) is 23.8 Å². The van der Waals surface area contributed by atoms with Crippen molar-refractivity contribution in [3.63, 3.8) is 0 Å². The summed E-state index contributed by atoms with van der Waals surface area (Å²) in [5.74, 6) is 0. The molecule has 2 amide bonds. The number of fused-ring (bicyclic) bond motifs is 1. The van der Waals surface area contributed by atoms with Crippen LogP contribution in [0.5, 0.6) is 0 Å². The summed E-state index contributed by atoms with van der Waals surface area (Å²) in [6.07, 6.45) is -3.14. The number of H-pyrrole nitrogens is 1. The third-order valence-corrected chi connectivity index (χ3v) is 6.64. The van der Waals surface area contributed by atoms with Gasteiger partial charge in [0.05, 0.1) is 21.1 Å². The molecule has 3 aromatic rings. The summed E-state index contributed by atoms with van der Waals surface area (Å²) in [4.78, 5) is 15.6. The summed E-state index contributed by atoms with van der Waals surface area (Å²) in [5.41, 5.74) is 0.825. The van der Waals surface area contributed by atoms with Crippen LogP contribution < -0.4 is 10.0 Å². The number of nitrogens with one attached hydrogen (secondary N) is 3. The Hall–Kier alpha value is -2.92. The average molecular weight is 473 g/mol. The first-order valence-electron chi connectivity index (χ1n) is 9.09. The number of rotatable bonds is 4. The normalized spacial score (nSPS) is 16.8. The lowest BCUT2D eigenvalue weighted by Gasteiger charge is -2.41. The number of aromatic amines is 1. The minimum atomic E-state index is -4.51. The summed E-state index contributed by atoms with van der Waals surface area (Å²) < 4.78 is 66.8. The SMILES string of the molecule is O=C(Nc1cccc(S(=O)(=O)Nc2cccc3c(Cl)c[nH]c23)c1)N1CCC1C(F)(F)F. The molecule has 1 fully saturated rings. The van der Waals surface area contributed by atoms with Crippen molar-refractivity contribution in [1.82, 2.24) is 9.88 Å². The quantitative estimate of drug-likeness (QED) is 0.509. The predicted octanol–water partition coefficient (Wildman–Crippen LogP) is 4.79. The lowest BCUT2D eigenvalue weighted by molar-refractivity contribution is -0.198. The van der Waals surface area contributed by atoms with Gasteiger partial charge in [-0.2, -0.15) is 13.2 Å². The van der Waals surface area contributed by atoms with Crippen molar-refractivity contribution in [1.29, 1.82) is 0 Å². The second-order valence-electron chi connectivity index (χ2n) is 6.97. The molecule has 12 heteroatoms. The maximum atomic E-state index is 12.9. The molecule has 0 saturated carbocycles. The summed E-state index contributed by atoms with van der Waals surface area (Å²) >= 11 is 6.06. The molecular weight excluding hydrogens is 457 g/mol. The Morgan fingerprint density at radius 1 is 1.19 bits per heavy atom. The van der Waals surface area contributed by atoms with E-state index < -0.39 is 28.3 Å². The fourth-order valence-electron chi connectivity index (χ4n) is 3.32. The first-order chi connectivity index (χ1) is 14.6. The van der Waals surface area contributed by atoms with E-state index in [1.807, 2.05) is 0 Å². The third-order valence-electron chi connectivity index (χ3n) is 4.96. The third kappa shape index (κ3) is 4.15. The highest BCUT2D eigenvalue weighted by atomic mass is 35.5. The van der Waals surface area contributed by atoms with E-state index in [1.165, 1.54) is 30.5 Å². The molecule has 1 aliphatic rings. The molecular formula is C19H16ClF3N4O3S. The van der Waals surface area contributed by atoms with Crippen LogP contribution in [0.1, 0.15) is 6.42 Å². The summed E-state index contributed by atoms with van der Waals surface area (Å²) in [6, 6.07) is 7.40.